The molecule has 0 atom stereocenters. The van der Waals surface area contributed by atoms with E-state index in [-0.39, 0.29) is 5.69 Å². The van der Waals surface area contributed by atoms with Crippen LogP contribution in [-0.4, -0.2) is 16.8 Å². The van der Waals surface area contributed by atoms with Crippen LogP contribution >= 0.6 is 15.9 Å². The molecule has 0 amide bonds. The van der Waals surface area contributed by atoms with Crippen LogP contribution in [0.4, 0.5) is 14.5 Å². The first kappa shape index (κ1) is 17.8. The first-order valence-corrected chi connectivity index (χ1v) is 9.62. The standard InChI is InChI=1S/C12H9BrF2N2O4S2/c13-7-1-2-12(22(16,18)19)11(3-7)17-23(20,21)10-5-8(14)4-9(15)6-10/h1-6,17H,(H2,16,18,19). The van der Waals surface area contributed by atoms with Crippen molar-refractivity contribution in [3.05, 3.63) is 52.5 Å². The van der Waals surface area contributed by atoms with E-state index in [0.717, 1.165) is 12.1 Å². The van der Waals surface area contributed by atoms with E-state index < -0.39 is 41.5 Å². The molecule has 3 N–H and O–H groups in total. The van der Waals surface area contributed by atoms with Crippen molar-refractivity contribution in [2.45, 2.75) is 9.79 Å². The highest BCUT2D eigenvalue weighted by Gasteiger charge is 2.21. The van der Waals surface area contributed by atoms with Gasteiger partial charge < -0.3 is 0 Å². The molecule has 6 nitrogen and oxygen atoms in total. The molecule has 2 aromatic rings. The Balaban J connectivity index is 2.55. The van der Waals surface area contributed by atoms with Gasteiger partial charge in [0.15, 0.2) is 0 Å². The maximum atomic E-state index is 13.2. The van der Waals surface area contributed by atoms with Crippen LogP contribution < -0.4 is 9.86 Å². The Labute approximate surface area is 139 Å². The van der Waals surface area contributed by atoms with Crippen LogP contribution in [0.3, 0.4) is 0 Å². The molecular weight excluding hydrogens is 418 g/mol. The zero-order valence-electron chi connectivity index (χ0n) is 11.1. The van der Waals surface area contributed by atoms with Gasteiger partial charge in [0.1, 0.15) is 16.5 Å². The molecule has 0 spiro atoms. The van der Waals surface area contributed by atoms with Crippen molar-refractivity contribution < 1.29 is 25.6 Å². The Bertz CT molecular complexity index is 958. The van der Waals surface area contributed by atoms with E-state index in [4.69, 9.17) is 5.14 Å². The van der Waals surface area contributed by atoms with Gasteiger partial charge in [0.2, 0.25) is 10.0 Å². The topological polar surface area (TPSA) is 106 Å². The zero-order valence-corrected chi connectivity index (χ0v) is 14.3. The first-order valence-electron chi connectivity index (χ1n) is 5.80. The van der Waals surface area contributed by atoms with Gasteiger partial charge in [-0.25, -0.2) is 30.8 Å². The predicted octanol–water partition coefficient (Wildman–Crippen LogP) is 2.18. The van der Waals surface area contributed by atoms with Gasteiger partial charge in [-0.05, 0) is 30.3 Å². The Morgan fingerprint density at radius 3 is 2.04 bits per heavy atom. The van der Waals surface area contributed by atoms with Crippen LogP contribution in [0.25, 0.3) is 0 Å². The number of hydrogen-bond acceptors (Lipinski definition) is 4. The van der Waals surface area contributed by atoms with Gasteiger partial charge in [0, 0.05) is 10.5 Å². The van der Waals surface area contributed by atoms with Gasteiger partial charge in [0.05, 0.1) is 10.6 Å². The molecule has 0 aliphatic rings. The third-order valence-electron chi connectivity index (χ3n) is 2.64. The van der Waals surface area contributed by atoms with E-state index in [9.17, 15) is 25.6 Å². The van der Waals surface area contributed by atoms with Crippen molar-refractivity contribution in [2.75, 3.05) is 4.72 Å². The number of sulfonamides is 2. The molecule has 0 aliphatic carbocycles. The van der Waals surface area contributed by atoms with E-state index in [1.807, 2.05) is 4.72 Å². The summed E-state index contributed by atoms with van der Waals surface area (Å²) >= 11 is 3.06. The maximum Gasteiger partial charge on any atom is 0.262 e. The fourth-order valence-electron chi connectivity index (χ4n) is 1.72. The molecule has 0 aliphatic heterocycles. The van der Waals surface area contributed by atoms with Crippen LogP contribution in [0.15, 0.2) is 50.7 Å². The SMILES string of the molecule is NS(=O)(=O)c1ccc(Br)cc1NS(=O)(=O)c1cc(F)cc(F)c1. The summed E-state index contributed by atoms with van der Waals surface area (Å²) in [4.78, 5) is -1.18. The highest BCUT2D eigenvalue weighted by atomic mass is 79.9. The largest absolute Gasteiger partial charge is 0.278 e. The van der Waals surface area contributed by atoms with Crippen LogP contribution in [0, 0.1) is 11.6 Å². The molecule has 0 saturated heterocycles. The molecule has 0 saturated carbocycles. The number of benzene rings is 2. The molecule has 11 heteroatoms. The third kappa shape index (κ3) is 4.25. The quantitative estimate of drug-likeness (QED) is 0.780. The van der Waals surface area contributed by atoms with Gasteiger partial charge in [-0.3, -0.25) is 4.72 Å². The molecule has 0 unspecified atom stereocenters. The third-order valence-corrected chi connectivity index (χ3v) is 5.45. The van der Waals surface area contributed by atoms with Crippen molar-refractivity contribution >= 4 is 41.7 Å². The second-order valence-corrected chi connectivity index (χ2v) is 8.52. The molecule has 0 radical (unpaired) electrons. The Hall–Kier alpha value is -1.56. The van der Waals surface area contributed by atoms with Gasteiger partial charge in [0.25, 0.3) is 10.0 Å². The van der Waals surface area contributed by atoms with Crippen LogP contribution in [-0.2, 0) is 20.0 Å². The summed E-state index contributed by atoms with van der Waals surface area (Å²) in [6.45, 7) is 0. The van der Waals surface area contributed by atoms with Crippen LogP contribution in [0.2, 0.25) is 0 Å². The minimum Gasteiger partial charge on any atom is -0.278 e. The van der Waals surface area contributed by atoms with Crippen molar-refractivity contribution in [2.24, 2.45) is 5.14 Å². The maximum absolute atomic E-state index is 13.2. The Kier molecular flexibility index (Phi) is 4.76. The van der Waals surface area contributed by atoms with E-state index in [1.54, 1.807) is 0 Å². The normalized spacial score (nSPS) is 12.2. The average Bonchev–Trinajstić information content (AvgIpc) is 2.35. The minimum absolute atomic E-state index is 0.355. The number of nitrogens with one attached hydrogen (secondary N) is 1. The summed E-state index contributed by atoms with van der Waals surface area (Å²) in [5, 5.41) is 5.02. The molecule has 2 rings (SSSR count). The van der Waals surface area contributed by atoms with Crippen molar-refractivity contribution in [3.63, 3.8) is 0 Å². The molecule has 0 bridgehead atoms. The Morgan fingerprint density at radius 2 is 1.52 bits per heavy atom. The number of rotatable bonds is 4. The summed E-state index contributed by atoms with van der Waals surface area (Å²) in [5.41, 5.74) is -0.355. The summed E-state index contributed by atoms with van der Waals surface area (Å²) in [6, 6.07) is 5.30. The highest BCUT2D eigenvalue weighted by molar-refractivity contribution is 9.10. The van der Waals surface area contributed by atoms with Crippen molar-refractivity contribution in [3.8, 4) is 0 Å². The molecular formula is C12H9BrF2N2O4S2. The molecule has 2 aromatic carbocycles. The van der Waals surface area contributed by atoms with Gasteiger partial charge >= 0.3 is 0 Å². The number of anilines is 1. The molecule has 124 valence electrons. The second kappa shape index (κ2) is 6.15. The number of nitrogens with two attached hydrogens (primary N) is 1. The van der Waals surface area contributed by atoms with Crippen molar-refractivity contribution in [1.82, 2.24) is 0 Å². The average molecular weight is 427 g/mol. The lowest BCUT2D eigenvalue weighted by molar-refractivity contribution is 0.568. The van der Waals surface area contributed by atoms with Crippen LogP contribution in [0.1, 0.15) is 0 Å². The number of halogens is 3. The molecule has 0 heterocycles. The van der Waals surface area contributed by atoms with Crippen molar-refractivity contribution in [1.29, 1.82) is 0 Å². The highest BCUT2D eigenvalue weighted by Crippen LogP contribution is 2.27. The fraction of sp³-hybridized carbons (Fsp3) is 0. The number of hydrogen-bond donors (Lipinski definition) is 2. The minimum atomic E-state index is -4.43. The van der Waals surface area contributed by atoms with E-state index >= 15 is 0 Å². The van der Waals surface area contributed by atoms with E-state index in [2.05, 4.69) is 15.9 Å². The number of primary sulfonamides is 1. The summed E-state index contributed by atoms with van der Waals surface area (Å²) in [6.07, 6.45) is 0. The molecule has 0 aromatic heterocycles. The zero-order chi connectivity index (χ0) is 17.4. The van der Waals surface area contributed by atoms with Crippen LogP contribution in [0.5, 0.6) is 0 Å². The summed E-state index contributed by atoms with van der Waals surface area (Å²) in [5.74, 6) is -2.18. The molecule has 0 fully saturated rings. The first-order chi connectivity index (χ1) is 10.5. The Morgan fingerprint density at radius 1 is 0.957 bits per heavy atom. The summed E-state index contributed by atoms with van der Waals surface area (Å²) in [7, 11) is -8.65. The van der Waals surface area contributed by atoms with E-state index in [1.165, 1.54) is 6.07 Å². The molecule has 23 heavy (non-hydrogen) atoms. The lowest BCUT2D eigenvalue weighted by Crippen LogP contribution is -2.19. The smallest absolute Gasteiger partial charge is 0.262 e. The summed E-state index contributed by atoms with van der Waals surface area (Å²) < 4.78 is 76.1. The van der Waals surface area contributed by atoms with Gasteiger partial charge in [-0.15, -0.1) is 0 Å². The van der Waals surface area contributed by atoms with Gasteiger partial charge in [-0.2, -0.15) is 0 Å². The monoisotopic (exact) mass is 426 g/mol. The van der Waals surface area contributed by atoms with E-state index in [0.29, 0.717) is 22.7 Å². The fourth-order valence-corrected chi connectivity index (χ4v) is 3.93. The lowest BCUT2D eigenvalue weighted by atomic mass is 10.3. The lowest BCUT2D eigenvalue weighted by Gasteiger charge is -2.12. The van der Waals surface area contributed by atoms with Gasteiger partial charge in [-0.1, -0.05) is 15.9 Å². The predicted molar refractivity (Wildman–Crippen MR) is 82.7 cm³/mol. The second-order valence-electron chi connectivity index (χ2n) is 4.40.